The van der Waals surface area contributed by atoms with Crippen molar-refractivity contribution in [2.75, 3.05) is 12.0 Å². The van der Waals surface area contributed by atoms with Crippen molar-refractivity contribution >= 4 is 17.3 Å². The predicted octanol–water partition coefficient (Wildman–Crippen LogP) is 5.70. The molecular weight excluding hydrogens is 360 g/mol. The van der Waals surface area contributed by atoms with E-state index in [9.17, 15) is 0 Å². The third kappa shape index (κ3) is 3.33. The molecule has 0 unspecified atom stereocenters. The molecule has 0 amide bonds. The van der Waals surface area contributed by atoms with Crippen molar-refractivity contribution in [2.45, 2.75) is 26.8 Å². The highest BCUT2D eigenvalue weighted by Gasteiger charge is 2.21. The van der Waals surface area contributed by atoms with E-state index in [2.05, 4.69) is 46.6 Å². The summed E-state index contributed by atoms with van der Waals surface area (Å²) in [5, 5.41) is 4.84. The standard InChI is InChI=1S/C22H21ClN2O2/c1-14-22(15(2)27-24-14)19-11-17-5-4-10-25(20(17)12-21(19)26-3)13-16-6-8-18(23)9-7-16/h4,6-12H,5,13H2,1-3H3. The number of rotatable bonds is 4. The van der Waals surface area contributed by atoms with Crippen LogP contribution in [0.25, 0.3) is 11.1 Å². The molecule has 138 valence electrons. The van der Waals surface area contributed by atoms with Crippen molar-refractivity contribution in [3.63, 3.8) is 0 Å². The largest absolute Gasteiger partial charge is 0.496 e. The molecule has 0 atom stereocenters. The molecule has 2 heterocycles. The van der Waals surface area contributed by atoms with Crippen molar-refractivity contribution < 1.29 is 9.26 Å². The number of hydrogen-bond donors (Lipinski definition) is 0. The van der Waals surface area contributed by atoms with Crippen LogP contribution in [0.5, 0.6) is 5.75 Å². The summed E-state index contributed by atoms with van der Waals surface area (Å²) in [6.45, 7) is 4.66. The van der Waals surface area contributed by atoms with Crippen molar-refractivity contribution in [3.8, 4) is 16.9 Å². The van der Waals surface area contributed by atoms with E-state index in [0.717, 1.165) is 52.0 Å². The Labute approximate surface area is 164 Å². The average molecular weight is 381 g/mol. The molecular formula is C22H21ClN2O2. The summed E-state index contributed by atoms with van der Waals surface area (Å²) in [5.74, 6) is 1.62. The molecule has 0 saturated heterocycles. The van der Waals surface area contributed by atoms with Crippen LogP contribution in [0, 0.1) is 13.8 Å². The monoisotopic (exact) mass is 380 g/mol. The molecule has 27 heavy (non-hydrogen) atoms. The van der Waals surface area contributed by atoms with Crippen molar-refractivity contribution in [1.29, 1.82) is 0 Å². The van der Waals surface area contributed by atoms with Gasteiger partial charge >= 0.3 is 0 Å². The molecule has 0 bridgehead atoms. The molecule has 1 aromatic heterocycles. The Balaban J connectivity index is 1.75. The second kappa shape index (κ2) is 7.12. The second-order valence-corrected chi connectivity index (χ2v) is 7.16. The predicted molar refractivity (Wildman–Crippen MR) is 108 cm³/mol. The van der Waals surface area contributed by atoms with Crippen LogP contribution >= 0.6 is 11.6 Å². The van der Waals surface area contributed by atoms with Crippen molar-refractivity contribution in [3.05, 3.63) is 76.3 Å². The van der Waals surface area contributed by atoms with Crippen LogP contribution in [-0.2, 0) is 13.0 Å². The number of halogens is 1. The third-order valence-corrected chi connectivity index (χ3v) is 5.15. The van der Waals surface area contributed by atoms with Gasteiger partial charge in [0.15, 0.2) is 0 Å². The fourth-order valence-corrected chi connectivity index (χ4v) is 3.71. The summed E-state index contributed by atoms with van der Waals surface area (Å²) in [5.41, 5.74) is 6.51. The highest BCUT2D eigenvalue weighted by atomic mass is 35.5. The lowest BCUT2D eigenvalue weighted by Gasteiger charge is -2.28. The first-order valence-corrected chi connectivity index (χ1v) is 9.26. The van der Waals surface area contributed by atoms with E-state index >= 15 is 0 Å². The van der Waals surface area contributed by atoms with E-state index in [1.165, 1.54) is 11.1 Å². The van der Waals surface area contributed by atoms with Crippen molar-refractivity contribution in [2.24, 2.45) is 0 Å². The Kier molecular flexibility index (Phi) is 4.66. The summed E-state index contributed by atoms with van der Waals surface area (Å²) in [6.07, 6.45) is 5.20. The molecule has 0 fully saturated rings. The Morgan fingerprint density at radius 1 is 1.19 bits per heavy atom. The first-order chi connectivity index (χ1) is 13.1. The number of benzene rings is 2. The smallest absolute Gasteiger partial charge is 0.141 e. The highest BCUT2D eigenvalue weighted by Crippen LogP contribution is 2.41. The summed E-state index contributed by atoms with van der Waals surface area (Å²) < 4.78 is 11.1. The van der Waals surface area contributed by atoms with Gasteiger partial charge in [0, 0.05) is 35.1 Å². The normalized spacial score (nSPS) is 13.0. The van der Waals surface area contributed by atoms with E-state index in [1.54, 1.807) is 7.11 Å². The Bertz CT molecular complexity index is 986. The van der Waals surface area contributed by atoms with Crippen LogP contribution in [0.15, 0.2) is 53.2 Å². The van der Waals surface area contributed by atoms with Crippen LogP contribution in [0.3, 0.4) is 0 Å². The van der Waals surface area contributed by atoms with E-state index in [4.69, 9.17) is 20.9 Å². The summed E-state index contributed by atoms with van der Waals surface area (Å²) in [7, 11) is 1.70. The molecule has 0 saturated carbocycles. The lowest BCUT2D eigenvalue weighted by atomic mass is 9.96. The SMILES string of the molecule is COc1cc2c(cc1-c1c(C)noc1C)CC=CN2Cc1ccc(Cl)cc1. The number of allylic oxidation sites excluding steroid dienone is 1. The van der Waals surface area contributed by atoms with Gasteiger partial charge in [0.1, 0.15) is 11.5 Å². The molecule has 0 radical (unpaired) electrons. The number of aromatic nitrogens is 1. The molecule has 0 aliphatic carbocycles. The van der Waals surface area contributed by atoms with Gasteiger partial charge in [-0.1, -0.05) is 35.0 Å². The highest BCUT2D eigenvalue weighted by molar-refractivity contribution is 6.30. The summed E-state index contributed by atoms with van der Waals surface area (Å²) in [6, 6.07) is 12.3. The van der Waals surface area contributed by atoms with Gasteiger partial charge in [0.05, 0.1) is 18.4 Å². The van der Waals surface area contributed by atoms with E-state index in [0.29, 0.717) is 0 Å². The van der Waals surface area contributed by atoms with Crippen LogP contribution in [0.4, 0.5) is 5.69 Å². The van der Waals surface area contributed by atoms with Gasteiger partial charge in [-0.05, 0) is 49.6 Å². The van der Waals surface area contributed by atoms with Crippen LogP contribution in [0.1, 0.15) is 22.6 Å². The van der Waals surface area contributed by atoms with Gasteiger partial charge in [0.2, 0.25) is 0 Å². The minimum Gasteiger partial charge on any atom is -0.496 e. The topological polar surface area (TPSA) is 38.5 Å². The van der Waals surface area contributed by atoms with Gasteiger partial charge in [-0.25, -0.2) is 0 Å². The third-order valence-electron chi connectivity index (χ3n) is 4.90. The van der Waals surface area contributed by atoms with Crippen molar-refractivity contribution in [1.82, 2.24) is 5.16 Å². The van der Waals surface area contributed by atoms with Crippen LogP contribution < -0.4 is 9.64 Å². The Morgan fingerprint density at radius 3 is 2.63 bits per heavy atom. The fraction of sp³-hybridized carbons (Fsp3) is 0.227. The van der Waals surface area contributed by atoms with Gasteiger partial charge in [-0.2, -0.15) is 0 Å². The minimum atomic E-state index is 0.749. The molecule has 5 heteroatoms. The summed E-state index contributed by atoms with van der Waals surface area (Å²) >= 11 is 6.01. The Hall–Kier alpha value is -2.72. The minimum absolute atomic E-state index is 0.749. The maximum absolute atomic E-state index is 6.01. The number of aryl methyl sites for hydroxylation is 2. The fourth-order valence-electron chi connectivity index (χ4n) is 3.59. The number of fused-ring (bicyclic) bond motifs is 1. The first-order valence-electron chi connectivity index (χ1n) is 8.88. The maximum Gasteiger partial charge on any atom is 0.141 e. The molecule has 4 rings (SSSR count). The number of methoxy groups -OCH3 is 1. The number of nitrogens with zero attached hydrogens (tertiary/aromatic N) is 2. The Morgan fingerprint density at radius 2 is 1.96 bits per heavy atom. The van der Waals surface area contributed by atoms with E-state index < -0.39 is 0 Å². The lowest BCUT2D eigenvalue weighted by Crippen LogP contribution is -2.20. The number of hydrogen-bond acceptors (Lipinski definition) is 4. The quantitative estimate of drug-likeness (QED) is 0.582. The number of ether oxygens (including phenoxy) is 1. The molecule has 1 aliphatic rings. The molecule has 1 aliphatic heterocycles. The molecule has 4 nitrogen and oxygen atoms in total. The average Bonchev–Trinajstić information content (AvgIpc) is 3.01. The van der Waals surface area contributed by atoms with Crippen LogP contribution in [-0.4, -0.2) is 12.3 Å². The molecule has 2 aromatic carbocycles. The van der Waals surface area contributed by atoms with Gasteiger partial charge in [-0.3, -0.25) is 0 Å². The van der Waals surface area contributed by atoms with Gasteiger partial charge in [-0.15, -0.1) is 0 Å². The lowest BCUT2D eigenvalue weighted by molar-refractivity contribution is 0.393. The van der Waals surface area contributed by atoms with E-state index in [-0.39, 0.29) is 0 Å². The molecule has 0 spiro atoms. The van der Waals surface area contributed by atoms with E-state index in [1.807, 2.05) is 26.0 Å². The van der Waals surface area contributed by atoms with Crippen LogP contribution in [0.2, 0.25) is 5.02 Å². The zero-order valence-electron chi connectivity index (χ0n) is 15.6. The second-order valence-electron chi connectivity index (χ2n) is 6.72. The maximum atomic E-state index is 6.01. The zero-order chi connectivity index (χ0) is 19.0. The molecule has 3 aromatic rings. The van der Waals surface area contributed by atoms with Gasteiger partial charge < -0.3 is 14.2 Å². The van der Waals surface area contributed by atoms with Gasteiger partial charge in [0.25, 0.3) is 0 Å². The number of anilines is 1. The zero-order valence-corrected chi connectivity index (χ0v) is 16.4. The summed E-state index contributed by atoms with van der Waals surface area (Å²) in [4.78, 5) is 2.24. The molecule has 0 N–H and O–H groups in total. The first kappa shape index (κ1) is 17.7.